The van der Waals surface area contributed by atoms with Gasteiger partial charge in [-0.3, -0.25) is 4.31 Å². The molecule has 15 heteroatoms. The fourth-order valence-corrected chi connectivity index (χ4v) is 4.93. The standard InChI is InChI=1S/C27H33FN6O6S.ClH/c1-6-34(7-2)26-29-17-23(33(5)41(38,39)21-14-10-19(28)11-15-21)24(31-26)30-22(25(35)36)16-18-8-12-20(13-9-18)40-27(37)32(3)4;/h8-15,17,22H,6-7,16H2,1-5H3,(H,35,36)(H,29,30,31);1H. The molecule has 0 aliphatic rings. The molecule has 1 amide bonds. The Bertz CT molecular complexity index is 1470. The number of carboxylic acid groups (broad SMARTS) is 1. The van der Waals surface area contributed by atoms with Gasteiger partial charge < -0.3 is 25.0 Å². The minimum absolute atomic E-state index is 0. The minimum atomic E-state index is -4.17. The van der Waals surface area contributed by atoms with E-state index in [4.69, 9.17) is 4.74 Å². The number of halogens is 2. The Morgan fingerprint density at radius 3 is 2.14 bits per heavy atom. The van der Waals surface area contributed by atoms with Crippen LogP contribution in [0.25, 0.3) is 0 Å². The molecule has 0 saturated heterocycles. The highest BCUT2D eigenvalue weighted by molar-refractivity contribution is 7.92. The van der Waals surface area contributed by atoms with E-state index in [1.807, 2.05) is 18.7 Å². The van der Waals surface area contributed by atoms with E-state index in [-0.39, 0.29) is 41.2 Å². The van der Waals surface area contributed by atoms with Gasteiger partial charge in [-0.15, -0.1) is 12.4 Å². The summed E-state index contributed by atoms with van der Waals surface area (Å²) in [5.74, 6) is -1.23. The van der Waals surface area contributed by atoms with Crippen LogP contribution < -0.4 is 19.3 Å². The number of aliphatic carboxylic acids is 1. The molecule has 2 aromatic carbocycles. The van der Waals surface area contributed by atoms with E-state index in [1.165, 1.54) is 18.1 Å². The third kappa shape index (κ3) is 8.19. The predicted molar refractivity (Wildman–Crippen MR) is 160 cm³/mol. The van der Waals surface area contributed by atoms with Gasteiger partial charge in [-0.25, -0.2) is 27.4 Å². The number of amides is 1. The van der Waals surface area contributed by atoms with E-state index >= 15 is 0 Å². The smallest absolute Gasteiger partial charge is 0.414 e. The highest BCUT2D eigenvalue weighted by Gasteiger charge is 2.28. The first-order valence-corrected chi connectivity index (χ1v) is 14.1. The van der Waals surface area contributed by atoms with Crippen LogP contribution in [0.3, 0.4) is 0 Å². The first kappa shape index (κ1) is 34.0. The second kappa shape index (κ2) is 14.6. The average molecular weight is 625 g/mol. The van der Waals surface area contributed by atoms with Gasteiger partial charge >= 0.3 is 12.1 Å². The first-order chi connectivity index (χ1) is 19.4. The number of benzene rings is 2. The quantitative estimate of drug-likeness (QED) is 0.304. The number of rotatable bonds is 12. The number of aromatic nitrogens is 2. The molecule has 12 nitrogen and oxygen atoms in total. The molecule has 1 heterocycles. The van der Waals surface area contributed by atoms with Gasteiger partial charge in [0.25, 0.3) is 10.0 Å². The molecule has 2 N–H and O–H groups in total. The molecule has 1 unspecified atom stereocenters. The van der Waals surface area contributed by atoms with Crippen LogP contribution in [0.4, 0.5) is 26.6 Å². The van der Waals surface area contributed by atoms with Crippen molar-refractivity contribution in [3.05, 3.63) is 66.1 Å². The summed E-state index contributed by atoms with van der Waals surface area (Å²) in [4.78, 5) is 35.8. The molecule has 228 valence electrons. The molecular formula is C27H34ClFN6O6S. The van der Waals surface area contributed by atoms with Crippen molar-refractivity contribution < 1.29 is 32.2 Å². The van der Waals surface area contributed by atoms with E-state index in [2.05, 4.69) is 15.3 Å². The Morgan fingerprint density at radius 2 is 1.62 bits per heavy atom. The molecule has 1 aromatic heterocycles. The average Bonchev–Trinajstić information content (AvgIpc) is 2.94. The van der Waals surface area contributed by atoms with Gasteiger partial charge in [-0.05, 0) is 55.8 Å². The Labute approximate surface area is 250 Å². The van der Waals surface area contributed by atoms with E-state index in [9.17, 15) is 27.5 Å². The fourth-order valence-electron chi connectivity index (χ4n) is 3.74. The lowest BCUT2D eigenvalue weighted by Gasteiger charge is -2.26. The van der Waals surface area contributed by atoms with Crippen molar-refractivity contribution >= 4 is 51.9 Å². The van der Waals surface area contributed by atoms with E-state index in [0.717, 1.165) is 28.6 Å². The van der Waals surface area contributed by atoms with Crippen molar-refractivity contribution in [3.63, 3.8) is 0 Å². The monoisotopic (exact) mass is 624 g/mol. The zero-order valence-electron chi connectivity index (χ0n) is 23.8. The Morgan fingerprint density at radius 1 is 1.02 bits per heavy atom. The van der Waals surface area contributed by atoms with Crippen LogP contribution in [0.1, 0.15) is 19.4 Å². The summed E-state index contributed by atoms with van der Waals surface area (Å²) in [7, 11) is 0.212. The molecule has 3 aromatic rings. The highest BCUT2D eigenvalue weighted by Crippen LogP contribution is 2.30. The van der Waals surface area contributed by atoms with Gasteiger partial charge in [0, 0.05) is 40.7 Å². The van der Waals surface area contributed by atoms with E-state index < -0.39 is 33.9 Å². The van der Waals surface area contributed by atoms with Crippen molar-refractivity contribution in [1.82, 2.24) is 14.9 Å². The lowest BCUT2D eigenvalue weighted by Crippen LogP contribution is -2.35. The molecule has 0 saturated carbocycles. The maximum atomic E-state index is 13.4. The van der Waals surface area contributed by atoms with Crippen LogP contribution in [0.2, 0.25) is 0 Å². The number of anilines is 3. The van der Waals surface area contributed by atoms with Crippen molar-refractivity contribution in [2.75, 3.05) is 48.8 Å². The van der Waals surface area contributed by atoms with Crippen LogP contribution in [-0.4, -0.2) is 80.7 Å². The molecule has 0 bridgehead atoms. The third-order valence-electron chi connectivity index (χ3n) is 6.16. The molecule has 1 atom stereocenters. The summed E-state index contributed by atoms with van der Waals surface area (Å²) >= 11 is 0. The van der Waals surface area contributed by atoms with Gasteiger partial charge in [0.1, 0.15) is 23.3 Å². The maximum Gasteiger partial charge on any atom is 0.414 e. The fraction of sp³-hybridized carbons (Fsp3) is 0.333. The van der Waals surface area contributed by atoms with Crippen molar-refractivity contribution in [2.24, 2.45) is 0 Å². The maximum absolute atomic E-state index is 13.4. The van der Waals surface area contributed by atoms with E-state index in [1.54, 1.807) is 38.4 Å². The Hall–Kier alpha value is -4.17. The SMILES string of the molecule is CCN(CC)c1ncc(N(C)S(=O)(=O)c2ccc(F)cc2)c(NC(Cc2ccc(OC(=O)N(C)C)cc2)C(=O)O)n1.Cl. The predicted octanol–water partition coefficient (Wildman–Crippen LogP) is 3.88. The summed E-state index contributed by atoms with van der Waals surface area (Å²) < 4.78 is 46.2. The normalized spacial score (nSPS) is 11.6. The van der Waals surface area contributed by atoms with Gasteiger partial charge in [-0.1, -0.05) is 12.1 Å². The lowest BCUT2D eigenvalue weighted by atomic mass is 10.1. The van der Waals surface area contributed by atoms with Crippen LogP contribution in [0.15, 0.2) is 59.6 Å². The second-order valence-electron chi connectivity index (χ2n) is 9.15. The van der Waals surface area contributed by atoms with Crippen molar-refractivity contribution in [2.45, 2.75) is 31.2 Å². The molecule has 3 rings (SSSR count). The summed E-state index contributed by atoms with van der Waals surface area (Å²) in [6.07, 6.45) is 0.745. The summed E-state index contributed by atoms with van der Waals surface area (Å²) in [6, 6.07) is 9.48. The zero-order valence-corrected chi connectivity index (χ0v) is 25.4. The topological polar surface area (TPSA) is 145 Å². The van der Waals surface area contributed by atoms with Gasteiger partial charge in [0.2, 0.25) is 5.95 Å². The number of carbonyl (C=O) groups is 2. The Balaban J connectivity index is 0.00000616. The molecule has 0 aliphatic carbocycles. The summed E-state index contributed by atoms with van der Waals surface area (Å²) in [5.41, 5.74) is 0.615. The van der Waals surface area contributed by atoms with Crippen LogP contribution in [0, 0.1) is 5.82 Å². The molecular weight excluding hydrogens is 591 g/mol. The van der Waals surface area contributed by atoms with Crippen LogP contribution in [-0.2, 0) is 21.2 Å². The second-order valence-corrected chi connectivity index (χ2v) is 11.1. The number of ether oxygens (including phenoxy) is 1. The first-order valence-electron chi connectivity index (χ1n) is 12.7. The van der Waals surface area contributed by atoms with Gasteiger partial charge in [0.15, 0.2) is 5.82 Å². The Kier molecular flexibility index (Phi) is 11.9. The van der Waals surface area contributed by atoms with E-state index in [0.29, 0.717) is 24.4 Å². The van der Waals surface area contributed by atoms with Gasteiger partial charge in [0.05, 0.1) is 11.1 Å². The summed E-state index contributed by atoms with van der Waals surface area (Å²) in [5, 5.41) is 12.9. The van der Waals surface area contributed by atoms with Gasteiger partial charge in [-0.2, -0.15) is 4.98 Å². The minimum Gasteiger partial charge on any atom is -0.480 e. The molecule has 0 radical (unpaired) electrons. The largest absolute Gasteiger partial charge is 0.480 e. The number of carbonyl (C=O) groups excluding carboxylic acids is 1. The number of hydrogen-bond acceptors (Lipinski definition) is 9. The van der Waals surface area contributed by atoms with Crippen LogP contribution in [0.5, 0.6) is 5.75 Å². The zero-order chi connectivity index (χ0) is 30.3. The number of hydrogen-bond donors (Lipinski definition) is 2. The van der Waals surface area contributed by atoms with Crippen LogP contribution >= 0.6 is 12.4 Å². The number of carboxylic acids is 1. The lowest BCUT2D eigenvalue weighted by molar-refractivity contribution is -0.137. The van der Waals surface area contributed by atoms with Crippen molar-refractivity contribution in [3.8, 4) is 5.75 Å². The molecule has 0 spiro atoms. The number of sulfonamides is 1. The molecule has 0 fully saturated rings. The van der Waals surface area contributed by atoms with Crippen molar-refractivity contribution in [1.29, 1.82) is 0 Å². The molecule has 42 heavy (non-hydrogen) atoms. The number of nitrogens with one attached hydrogen (secondary N) is 1. The highest BCUT2D eigenvalue weighted by atomic mass is 35.5. The summed E-state index contributed by atoms with van der Waals surface area (Å²) in [6.45, 7) is 4.93. The number of nitrogens with zero attached hydrogens (tertiary/aromatic N) is 5. The third-order valence-corrected chi connectivity index (χ3v) is 7.94. The molecule has 0 aliphatic heterocycles.